The first-order chi connectivity index (χ1) is 12.7. The number of nitrogens with zero attached hydrogens (tertiary/aromatic N) is 1. The zero-order chi connectivity index (χ0) is 20.2. The molecule has 1 amide bonds. The van der Waals surface area contributed by atoms with Crippen molar-refractivity contribution in [2.24, 2.45) is 0 Å². The molecule has 0 spiro atoms. The zero-order valence-electron chi connectivity index (χ0n) is 16.1. The number of rotatable bonds is 7. The van der Waals surface area contributed by atoms with Crippen molar-refractivity contribution in [3.05, 3.63) is 64.1 Å². The minimum absolute atomic E-state index is 0.103. The van der Waals surface area contributed by atoms with Crippen LogP contribution in [-0.2, 0) is 9.84 Å². The van der Waals surface area contributed by atoms with Gasteiger partial charge in [0.25, 0.3) is 5.91 Å². The molecule has 0 radical (unpaired) electrons. The number of benzene rings is 2. The summed E-state index contributed by atoms with van der Waals surface area (Å²) in [5.74, 6) is -0.103. The van der Waals surface area contributed by atoms with Gasteiger partial charge in [0.15, 0.2) is 9.84 Å². The minimum atomic E-state index is -3.35. The molecule has 0 saturated heterocycles. The van der Waals surface area contributed by atoms with Gasteiger partial charge in [-0.2, -0.15) is 0 Å². The van der Waals surface area contributed by atoms with E-state index in [4.69, 9.17) is 0 Å². The predicted molar refractivity (Wildman–Crippen MR) is 113 cm³/mol. The Labute approximate surface area is 170 Å². The molecule has 0 aliphatic heterocycles. The van der Waals surface area contributed by atoms with Gasteiger partial charge in [0.2, 0.25) is 0 Å². The van der Waals surface area contributed by atoms with Crippen LogP contribution in [0.25, 0.3) is 0 Å². The monoisotopic (exact) mass is 451 g/mol. The van der Waals surface area contributed by atoms with E-state index in [0.29, 0.717) is 12.1 Å². The van der Waals surface area contributed by atoms with E-state index >= 15 is 0 Å². The van der Waals surface area contributed by atoms with Crippen LogP contribution in [0.1, 0.15) is 56.1 Å². The number of hydrogen-bond donors (Lipinski definition) is 0. The molecule has 1 atom stereocenters. The lowest BCUT2D eigenvalue weighted by Gasteiger charge is -2.30. The van der Waals surface area contributed by atoms with E-state index in [0.717, 1.165) is 16.5 Å². The second kappa shape index (κ2) is 9.02. The smallest absolute Gasteiger partial charge is 0.254 e. The Hall–Kier alpha value is -1.66. The standard InChI is InChI=1S/C21H26BrNO3S/c1-5-14-23(16(4)19-8-6-7-9-20(19)22)21(24)17-10-12-18(13-11-17)27(25,26)15(2)3/h6-13,15-16H,5,14H2,1-4H3. The highest BCUT2D eigenvalue weighted by atomic mass is 79.9. The van der Waals surface area contributed by atoms with Crippen molar-refractivity contribution in [1.29, 1.82) is 0 Å². The summed E-state index contributed by atoms with van der Waals surface area (Å²) in [5.41, 5.74) is 1.53. The molecule has 2 aromatic rings. The van der Waals surface area contributed by atoms with Crippen molar-refractivity contribution in [3.8, 4) is 0 Å². The molecular weight excluding hydrogens is 426 g/mol. The van der Waals surface area contributed by atoms with Crippen LogP contribution in [-0.4, -0.2) is 31.0 Å². The molecule has 2 rings (SSSR count). The van der Waals surface area contributed by atoms with Crippen LogP contribution in [0.2, 0.25) is 0 Å². The maximum absolute atomic E-state index is 13.1. The topological polar surface area (TPSA) is 54.5 Å². The van der Waals surface area contributed by atoms with E-state index in [1.54, 1.807) is 26.0 Å². The highest BCUT2D eigenvalue weighted by Gasteiger charge is 2.24. The van der Waals surface area contributed by atoms with Crippen LogP contribution in [0.5, 0.6) is 0 Å². The number of halogens is 1. The molecule has 0 saturated carbocycles. The Morgan fingerprint density at radius 3 is 2.15 bits per heavy atom. The lowest BCUT2D eigenvalue weighted by Crippen LogP contribution is -2.34. The van der Waals surface area contributed by atoms with E-state index in [9.17, 15) is 13.2 Å². The highest BCUT2D eigenvalue weighted by Crippen LogP contribution is 2.29. The summed E-state index contributed by atoms with van der Waals surface area (Å²) in [6.45, 7) is 7.96. The number of carbonyl (C=O) groups is 1. The summed E-state index contributed by atoms with van der Waals surface area (Å²) in [6.07, 6.45) is 0.834. The second-order valence-corrected chi connectivity index (χ2v) is 10.2. The predicted octanol–water partition coefficient (Wildman–Crippen LogP) is 5.24. The van der Waals surface area contributed by atoms with Crippen molar-refractivity contribution in [2.45, 2.75) is 50.3 Å². The second-order valence-electron chi connectivity index (χ2n) is 6.81. The van der Waals surface area contributed by atoms with Gasteiger partial charge in [-0.25, -0.2) is 8.42 Å². The fraction of sp³-hybridized carbons (Fsp3) is 0.381. The first-order valence-electron chi connectivity index (χ1n) is 9.09. The maximum atomic E-state index is 13.1. The molecule has 2 aromatic carbocycles. The number of carbonyl (C=O) groups excluding carboxylic acids is 1. The molecule has 6 heteroatoms. The number of amides is 1. The third-order valence-corrected chi connectivity index (χ3v) is 7.49. The minimum Gasteiger partial charge on any atom is -0.332 e. The zero-order valence-corrected chi connectivity index (χ0v) is 18.5. The molecule has 0 heterocycles. The SMILES string of the molecule is CCCN(C(=O)c1ccc(S(=O)(=O)C(C)C)cc1)C(C)c1ccccc1Br. The van der Waals surface area contributed by atoms with Crippen LogP contribution in [0.4, 0.5) is 0 Å². The van der Waals surface area contributed by atoms with Crippen molar-refractivity contribution in [1.82, 2.24) is 4.90 Å². The van der Waals surface area contributed by atoms with Crippen molar-refractivity contribution in [2.75, 3.05) is 6.54 Å². The van der Waals surface area contributed by atoms with Crippen LogP contribution in [0.3, 0.4) is 0 Å². The van der Waals surface area contributed by atoms with Gasteiger partial charge in [-0.05, 0) is 63.1 Å². The van der Waals surface area contributed by atoms with Gasteiger partial charge in [-0.3, -0.25) is 4.79 Å². The van der Waals surface area contributed by atoms with Crippen LogP contribution in [0, 0.1) is 0 Å². The van der Waals surface area contributed by atoms with Crippen molar-refractivity contribution < 1.29 is 13.2 Å². The molecule has 0 aliphatic rings. The Morgan fingerprint density at radius 2 is 1.63 bits per heavy atom. The molecule has 0 bridgehead atoms. The van der Waals surface area contributed by atoms with E-state index in [1.807, 2.05) is 43.0 Å². The first kappa shape index (κ1) is 21.6. The number of hydrogen-bond acceptors (Lipinski definition) is 3. The van der Waals surface area contributed by atoms with Gasteiger partial charge in [0.1, 0.15) is 0 Å². The van der Waals surface area contributed by atoms with Crippen LogP contribution < -0.4 is 0 Å². The first-order valence-corrected chi connectivity index (χ1v) is 11.4. The molecule has 0 fully saturated rings. The molecule has 146 valence electrons. The van der Waals surface area contributed by atoms with E-state index in [1.165, 1.54) is 12.1 Å². The molecule has 0 aromatic heterocycles. The average Bonchev–Trinajstić information content (AvgIpc) is 2.65. The third kappa shape index (κ3) is 4.79. The summed E-state index contributed by atoms with van der Waals surface area (Å²) in [6, 6.07) is 14.0. The van der Waals surface area contributed by atoms with Crippen molar-refractivity contribution >= 4 is 31.7 Å². The lowest BCUT2D eigenvalue weighted by atomic mass is 10.1. The molecule has 27 heavy (non-hydrogen) atoms. The van der Waals surface area contributed by atoms with Gasteiger partial charge in [-0.15, -0.1) is 0 Å². The van der Waals surface area contributed by atoms with Gasteiger partial charge in [0, 0.05) is 16.6 Å². The largest absolute Gasteiger partial charge is 0.332 e. The summed E-state index contributed by atoms with van der Waals surface area (Å²) >= 11 is 3.56. The molecular formula is C21H26BrNO3S. The molecule has 0 aliphatic carbocycles. The Kier molecular flexibility index (Phi) is 7.23. The molecule has 1 unspecified atom stereocenters. The third-order valence-electron chi connectivity index (χ3n) is 4.60. The molecule has 0 N–H and O–H groups in total. The summed E-state index contributed by atoms with van der Waals surface area (Å²) in [7, 11) is -3.35. The summed E-state index contributed by atoms with van der Waals surface area (Å²) in [4.78, 5) is 15.2. The fourth-order valence-electron chi connectivity index (χ4n) is 2.92. The van der Waals surface area contributed by atoms with Gasteiger partial charge in [0.05, 0.1) is 16.2 Å². The van der Waals surface area contributed by atoms with E-state index in [-0.39, 0.29) is 16.8 Å². The van der Waals surface area contributed by atoms with E-state index in [2.05, 4.69) is 15.9 Å². The maximum Gasteiger partial charge on any atom is 0.254 e. The summed E-state index contributed by atoms with van der Waals surface area (Å²) < 4.78 is 25.5. The Balaban J connectivity index is 2.33. The average molecular weight is 452 g/mol. The van der Waals surface area contributed by atoms with Gasteiger partial charge >= 0.3 is 0 Å². The quantitative estimate of drug-likeness (QED) is 0.577. The Bertz CT molecular complexity index is 892. The van der Waals surface area contributed by atoms with Crippen molar-refractivity contribution in [3.63, 3.8) is 0 Å². The Morgan fingerprint density at radius 1 is 1.04 bits per heavy atom. The molecule has 4 nitrogen and oxygen atoms in total. The van der Waals surface area contributed by atoms with Gasteiger partial charge < -0.3 is 4.90 Å². The normalized spacial score (nSPS) is 12.8. The van der Waals surface area contributed by atoms with E-state index < -0.39 is 15.1 Å². The van der Waals surface area contributed by atoms with Crippen LogP contribution >= 0.6 is 15.9 Å². The summed E-state index contributed by atoms with van der Waals surface area (Å²) in [5, 5.41) is -0.494. The van der Waals surface area contributed by atoms with Crippen LogP contribution in [0.15, 0.2) is 57.9 Å². The van der Waals surface area contributed by atoms with Gasteiger partial charge in [-0.1, -0.05) is 41.1 Å². The number of sulfone groups is 1. The lowest BCUT2D eigenvalue weighted by molar-refractivity contribution is 0.0690. The fourth-order valence-corrected chi connectivity index (χ4v) is 4.59. The highest BCUT2D eigenvalue weighted by molar-refractivity contribution is 9.10.